The molecule has 0 radical (unpaired) electrons. The number of furan rings is 1. The quantitative estimate of drug-likeness (QED) is 0.341. The molecule has 0 aliphatic rings. The third kappa shape index (κ3) is 3.79. The van der Waals surface area contributed by atoms with Gasteiger partial charge >= 0.3 is 0 Å². The summed E-state index contributed by atoms with van der Waals surface area (Å²) in [6.07, 6.45) is 0. The van der Waals surface area contributed by atoms with Crippen LogP contribution in [0, 0.1) is 19.7 Å². The molecule has 2 heterocycles. The molecule has 5 nitrogen and oxygen atoms in total. The second-order valence-corrected chi connectivity index (χ2v) is 8.47. The number of aromatic nitrogens is 2. The number of aryl methyl sites for hydroxylation is 2. The number of hydrogen-bond donors (Lipinski definition) is 1. The van der Waals surface area contributed by atoms with E-state index in [1.165, 1.54) is 28.5 Å². The number of amides is 1. The van der Waals surface area contributed by atoms with Crippen molar-refractivity contribution in [3.05, 3.63) is 70.7 Å². The molecule has 2 aromatic carbocycles. The minimum atomic E-state index is -0.495. The normalized spacial score (nSPS) is 11.1. The average molecular weight is 413 g/mol. The number of anilines is 1. The van der Waals surface area contributed by atoms with Crippen LogP contribution in [0.3, 0.4) is 0 Å². The van der Waals surface area contributed by atoms with Gasteiger partial charge in [-0.3, -0.25) is 10.1 Å². The molecule has 0 spiro atoms. The molecular weight excluding hydrogens is 397 g/mol. The van der Waals surface area contributed by atoms with Gasteiger partial charge in [0, 0.05) is 16.7 Å². The van der Waals surface area contributed by atoms with E-state index in [0.29, 0.717) is 16.1 Å². The first-order chi connectivity index (χ1) is 13.5. The number of halogens is 1. The fourth-order valence-corrected chi connectivity index (χ4v) is 4.43. The highest BCUT2D eigenvalue weighted by molar-refractivity contribution is 8.00. The SMILES string of the molecule is Cc1ccc(CSc2nnc(NC(=O)c3oc4c(F)cccc4c3C)s2)cc1. The molecule has 2 aromatic heterocycles. The zero-order valence-corrected chi connectivity index (χ0v) is 16.8. The van der Waals surface area contributed by atoms with Gasteiger partial charge in [-0.2, -0.15) is 0 Å². The topological polar surface area (TPSA) is 68.0 Å². The molecule has 0 saturated carbocycles. The number of nitrogens with one attached hydrogen (secondary N) is 1. The van der Waals surface area contributed by atoms with Crippen molar-refractivity contribution in [2.45, 2.75) is 23.9 Å². The van der Waals surface area contributed by atoms with Crippen molar-refractivity contribution in [1.29, 1.82) is 0 Å². The van der Waals surface area contributed by atoms with Gasteiger partial charge in [0.05, 0.1) is 0 Å². The second-order valence-electron chi connectivity index (χ2n) is 6.27. The Kier molecular flexibility index (Phi) is 5.15. The van der Waals surface area contributed by atoms with Gasteiger partial charge in [0.15, 0.2) is 21.5 Å². The number of carbonyl (C=O) groups excluding carboxylic acids is 1. The molecule has 1 N–H and O–H groups in total. The number of carbonyl (C=O) groups is 1. The number of fused-ring (bicyclic) bond motifs is 1. The molecule has 0 aliphatic carbocycles. The standard InChI is InChI=1S/C20H16FN3O2S2/c1-11-6-8-13(9-7-11)10-27-20-24-23-19(28-20)22-18(25)16-12(2)14-4-3-5-15(21)17(14)26-16/h3-9H,10H2,1-2H3,(H,22,23,25). The zero-order valence-electron chi connectivity index (χ0n) is 15.2. The minimum Gasteiger partial charge on any atom is -0.448 e. The van der Waals surface area contributed by atoms with Crippen LogP contribution < -0.4 is 5.32 Å². The molecule has 0 atom stereocenters. The van der Waals surface area contributed by atoms with Gasteiger partial charge in [-0.1, -0.05) is 65.1 Å². The lowest BCUT2D eigenvalue weighted by Crippen LogP contribution is -2.11. The maximum absolute atomic E-state index is 13.9. The van der Waals surface area contributed by atoms with Gasteiger partial charge in [-0.15, -0.1) is 10.2 Å². The van der Waals surface area contributed by atoms with Crippen LogP contribution in [0.5, 0.6) is 0 Å². The monoisotopic (exact) mass is 413 g/mol. The van der Waals surface area contributed by atoms with E-state index in [-0.39, 0.29) is 11.3 Å². The largest absolute Gasteiger partial charge is 0.448 e. The van der Waals surface area contributed by atoms with Crippen molar-refractivity contribution < 1.29 is 13.6 Å². The number of nitrogens with zero attached hydrogens (tertiary/aromatic N) is 2. The molecular formula is C20H16FN3O2S2. The van der Waals surface area contributed by atoms with Gasteiger partial charge < -0.3 is 4.42 Å². The fourth-order valence-electron chi connectivity index (χ4n) is 2.73. The van der Waals surface area contributed by atoms with Gasteiger partial charge in [0.1, 0.15) is 0 Å². The Hall–Kier alpha value is -2.71. The first-order valence-corrected chi connectivity index (χ1v) is 10.3. The molecule has 0 saturated heterocycles. The van der Waals surface area contributed by atoms with Crippen molar-refractivity contribution in [3.63, 3.8) is 0 Å². The highest BCUT2D eigenvalue weighted by Gasteiger charge is 2.20. The first-order valence-electron chi connectivity index (χ1n) is 8.52. The summed E-state index contributed by atoms with van der Waals surface area (Å²) in [5.41, 5.74) is 3.08. The zero-order chi connectivity index (χ0) is 19.7. The van der Waals surface area contributed by atoms with Crippen LogP contribution in [-0.4, -0.2) is 16.1 Å². The van der Waals surface area contributed by atoms with Gasteiger partial charge in [0.2, 0.25) is 5.13 Å². The summed E-state index contributed by atoms with van der Waals surface area (Å²) < 4.78 is 20.1. The van der Waals surface area contributed by atoms with Crippen molar-refractivity contribution in [3.8, 4) is 0 Å². The van der Waals surface area contributed by atoms with Crippen LogP contribution in [0.4, 0.5) is 9.52 Å². The van der Waals surface area contributed by atoms with E-state index in [0.717, 1.165) is 10.1 Å². The van der Waals surface area contributed by atoms with Gasteiger partial charge in [-0.05, 0) is 25.5 Å². The molecule has 1 amide bonds. The summed E-state index contributed by atoms with van der Waals surface area (Å²) in [7, 11) is 0. The summed E-state index contributed by atoms with van der Waals surface area (Å²) in [6, 6.07) is 12.9. The molecule has 0 bridgehead atoms. The summed E-state index contributed by atoms with van der Waals surface area (Å²) in [6.45, 7) is 3.78. The van der Waals surface area contributed by atoms with Gasteiger partial charge in [-0.25, -0.2) is 4.39 Å². The number of hydrogen-bond acceptors (Lipinski definition) is 6. The lowest BCUT2D eigenvalue weighted by atomic mass is 10.1. The minimum absolute atomic E-state index is 0.0733. The van der Waals surface area contributed by atoms with Crippen molar-refractivity contribution in [2.24, 2.45) is 0 Å². The van der Waals surface area contributed by atoms with Crippen molar-refractivity contribution in [1.82, 2.24) is 10.2 Å². The van der Waals surface area contributed by atoms with Crippen LogP contribution in [0.25, 0.3) is 11.0 Å². The highest BCUT2D eigenvalue weighted by atomic mass is 32.2. The van der Waals surface area contributed by atoms with Crippen LogP contribution >= 0.6 is 23.1 Å². The maximum atomic E-state index is 13.9. The van der Waals surface area contributed by atoms with E-state index in [2.05, 4.69) is 46.7 Å². The Balaban J connectivity index is 1.45. The molecule has 0 unspecified atom stereocenters. The third-order valence-electron chi connectivity index (χ3n) is 4.23. The van der Waals surface area contributed by atoms with Crippen LogP contribution in [-0.2, 0) is 5.75 Å². The molecule has 8 heteroatoms. The van der Waals surface area contributed by atoms with Crippen LogP contribution in [0.2, 0.25) is 0 Å². The summed E-state index contributed by atoms with van der Waals surface area (Å²) in [4.78, 5) is 12.5. The summed E-state index contributed by atoms with van der Waals surface area (Å²) in [5.74, 6) is -0.126. The van der Waals surface area contributed by atoms with Crippen LogP contribution in [0.1, 0.15) is 27.2 Å². The Labute approximate surface area is 169 Å². The Morgan fingerprint density at radius 3 is 2.71 bits per heavy atom. The number of benzene rings is 2. The second kappa shape index (κ2) is 7.73. The van der Waals surface area contributed by atoms with Crippen molar-refractivity contribution >= 4 is 45.1 Å². The van der Waals surface area contributed by atoms with E-state index in [9.17, 15) is 9.18 Å². The van der Waals surface area contributed by atoms with Crippen molar-refractivity contribution in [2.75, 3.05) is 5.32 Å². The smallest absolute Gasteiger partial charge is 0.293 e. The number of rotatable bonds is 5. The Bertz CT molecular complexity index is 1150. The predicted octanol–water partition coefficient (Wildman–Crippen LogP) is 5.58. The number of thioether (sulfide) groups is 1. The third-order valence-corrected chi connectivity index (χ3v) is 6.27. The predicted molar refractivity (Wildman–Crippen MR) is 110 cm³/mol. The number of para-hydroxylation sites is 1. The van der Waals surface area contributed by atoms with Crippen LogP contribution in [0.15, 0.2) is 51.2 Å². The van der Waals surface area contributed by atoms with E-state index in [1.807, 2.05) is 0 Å². The Morgan fingerprint density at radius 1 is 1.18 bits per heavy atom. The van der Waals surface area contributed by atoms with Gasteiger partial charge in [0.25, 0.3) is 5.91 Å². The Morgan fingerprint density at radius 2 is 1.96 bits per heavy atom. The molecule has 4 rings (SSSR count). The fraction of sp³-hybridized carbons (Fsp3) is 0.150. The molecule has 28 heavy (non-hydrogen) atoms. The summed E-state index contributed by atoms with van der Waals surface area (Å²) in [5, 5.41) is 11.7. The lowest BCUT2D eigenvalue weighted by Gasteiger charge is -1.99. The molecule has 0 fully saturated rings. The first kappa shape index (κ1) is 18.6. The molecule has 4 aromatic rings. The van der Waals surface area contributed by atoms with E-state index in [1.54, 1.807) is 30.8 Å². The lowest BCUT2D eigenvalue weighted by molar-refractivity contribution is 0.0997. The molecule has 0 aliphatic heterocycles. The van der Waals surface area contributed by atoms with E-state index < -0.39 is 11.7 Å². The maximum Gasteiger partial charge on any atom is 0.293 e. The van der Waals surface area contributed by atoms with E-state index in [4.69, 9.17) is 4.42 Å². The summed E-state index contributed by atoms with van der Waals surface area (Å²) >= 11 is 2.84. The van der Waals surface area contributed by atoms with E-state index >= 15 is 0 Å². The highest BCUT2D eigenvalue weighted by Crippen LogP contribution is 2.30. The average Bonchev–Trinajstić information content (AvgIpc) is 3.27. The molecule has 142 valence electrons.